The Morgan fingerprint density at radius 2 is 1.76 bits per heavy atom. The number of benzene rings is 1. The molecule has 1 aliphatic rings. The first-order valence-electron chi connectivity index (χ1n) is 7.37. The van der Waals surface area contributed by atoms with Gasteiger partial charge in [0.15, 0.2) is 0 Å². The van der Waals surface area contributed by atoms with Crippen LogP contribution in [0.1, 0.15) is 11.1 Å². The summed E-state index contributed by atoms with van der Waals surface area (Å²) in [4.78, 5) is 9.14. The quantitative estimate of drug-likeness (QED) is 0.809. The molecule has 0 N–H and O–H groups in total. The van der Waals surface area contributed by atoms with Gasteiger partial charge in [-0.05, 0) is 17.2 Å². The Morgan fingerprint density at radius 3 is 2.48 bits per heavy atom. The molecule has 0 amide bonds. The van der Waals surface area contributed by atoms with Crippen molar-refractivity contribution in [3.05, 3.63) is 59.9 Å². The average molecular weight is 302 g/mol. The van der Waals surface area contributed by atoms with Crippen molar-refractivity contribution in [1.82, 2.24) is 9.88 Å². The highest BCUT2D eigenvalue weighted by Crippen LogP contribution is 2.22. The topological polar surface area (TPSA) is 19.4 Å². The van der Waals surface area contributed by atoms with E-state index in [0.29, 0.717) is 5.88 Å². The normalized spacial score (nSPS) is 16.1. The lowest BCUT2D eigenvalue weighted by atomic mass is 10.1. The number of hydrogen-bond donors (Lipinski definition) is 0. The molecule has 3 nitrogen and oxygen atoms in total. The largest absolute Gasteiger partial charge is 0.367 e. The summed E-state index contributed by atoms with van der Waals surface area (Å²) in [5.74, 6) is 0.544. The van der Waals surface area contributed by atoms with Crippen molar-refractivity contribution in [1.29, 1.82) is 0 Å². The number of alkyl halides is 1. The Balaban J connectivity index is 1.60. The summed E-state index contributed by atoms with van der Waals surface area (Å²) in [6, 6.07) is 12.7. The molecule has 1 aromatic carbocycles. The Labute approximate surface area is 131 Å². The van der Waals surface area contributed by atoms with E-state index in [9.17, 15) is 0 Å². The number of nitrogens with zero attached hydrogens (tertiary/aromatic N) is 3. The van der Waals surface area contributed by atoms with Gasteiger partial charge in [0.05, 0.1) is 11.9 Å². The van der Waals surface area contributed by atoms with E-state index in [1.54, 1.807) is 0 Å². The molecule has 1 saturated heterocycles. The van der Waals surface area contributed by atoms with Crippen molar-refractivity contribution in [2.45, 2.75) is 12.4 Å². The fraction of sp³-hybridized carbons (Fsp3) is 0.353. The summed E-state index contributed by atoms with van der Waals surface area (Å²) in [5, 5.41) is 0. The number of aromatic nitrogens is 1. The van der Waals surface area contributed by atoms with Crippen LogP contribution in [0.5, 0.6) is 0 Å². The zero-order chi connectivity index (χ0) is 14.5. The minimum atomic E-state index is 0.544. The lowest BCUT2D eigenvalue weighted by Crippen LogP contribution is -2.46. The van der Waals surface area contributed by atoms with Crippen LogP contribution in [0, 0.1) is 0 Å². The third kappa shape index (κ3) is 3.55. The smallest absolute Gasteiger partial charge is 0.0598 e. The van der Waals surface area contributed by atoms with E-state index in [0.717, 1.165) is 32.7 Å². The standard InChI is InChI=1S/C17H20ClN3/c18-12-16-6-7-19-13-17(16)21-10-8-20(9-11-21)14-15-4-2-1-3-5-15/h1-7,13H,8-12,14H2. The van der Waals surface area contributed by atoms with Crippen LogP contribution in [-0.4, -0.2) is 36.1 Å². The first-order chi connectivity index (χ1) is 10.4. The summed E-state index contributed by atoms with van der Waals surface area (Å²) in [7, 11) is 0. The molecule has 0 saturated carbocycles. The average Bonchev–Trinajstić information content (AvgIpc) is 2.56. The van der Waals surface area contributed by atoms with Gasteiger partial charge in [0.2, 0.25) is 0 Å². The summed E-state index contributed by atoms with van der Waals surface area (Å²) in [5.41, 5.74) is 3.74. The number of anilines is 1. The molecule has 4 heteroatoms. The second-order valence-corrected chi connectivity index (χ2v) is 5.65. The van der Waals surface area contributed by atoms with Crippen LogP contribution < -0.4 is 4.90 Å². The van der Waals surface area contributed by atoms with Crippen molar-refractivity contribution in [3.63, 3.8) is 0 Å². The van der Waals surface area contributed by atoms with Gasteiger partial charge in [-0.2, -0.15) is 0 Å². The fourth-order valence-corrected chi connectivity index (χ4v) is 3.03. The van der Waals surface area contributed by atoms with Gasteiger partial charge in [-0.3, -0.25) is 9.88 Å². The summed E-state index contributed by atoms with van der Waals surface area (Å²) < 4.78 is 0. The first-order valence-corrected chi connectivity index (χ1v) is 7.90. The van der Waals surface area contributed by atoms with Gasteiger partial charge >= 0.3 is 0 Å². The minimum absolute atomic E-state index is 0.544. The van der Waals surface area contributed by atoms with Crippen molar-refractivity contribution < 1.29 is 0 Å². The highest BCUT2D eigenvalue weighted by Gasteiger charge is 2.19. The predicted molar refractivity (Wildman–Crippen MR) is 87.7 cm³/mol. The molecular formula is C17H20ClN3. The predicted octanol–water partition coefficient (Wildman–Crippen LogP) is 3.14. The first kappa shape index (κ1) is 14.4. The zero-order valence-electron chi connectivity index (χ0n) is 12.1. The molecule has 2 aromatic rings. The maximum Gasteiger partial charge on any atom is 0.0598 e. The molecule has 1 aromatic heterocycles. The molecule has 0 unspecified atom stereocenters. The summed E-state index contributed by atoms with van der Waals surface area (Å²) in [6.07, 6.45) is 3.75. The van der Waals surface area contributed by atoms with Crippen molar-refractivity contribution in [2.75, 3.05) is 31.1 Å². The monoisotopic (exact) mass is 301 g/mol. The van der Waals surface area contributed by atoms with Gasteiger partial charge in [0, 0.05) is 44.8 Å². The number of halogens is 1. The third-order valence-corrected chi connectivity index (χ3v) is 4.28. The molecule has 0 radical (unpaired) electrons. The Bertz CT molecular complexity index is 565. The zero-order valence-corrected chi connectivity index (χ0v) is 12.8. The maximum absolute atomic E-state index is 6.02. The van der Waals surface area contributed by atoms with E-state index in [1.807, 2.05) is 18.5 Å². The van der Waals surface area contributed by atoms with E-state index >= 15 is 0 Å². The number of pyridine rings is 1. The maximum atomic E-state index is 6.02. The second-order valence-electron chi connectivity index (χ2n) is 5.39. The van der Waals surface area contributed by atoms with E-state index < -0.39 is 0 Å². The van der Waals surface area contributed by atoms with Gasteiger partial charge < -0.3 is 4.90 Å². The molecule has 0 atom stereocenters. The minimum Gasteiger partial charge on any atom is -0.367 e. The van der Waals surface area contributed by atoms with Crippen molar-refractivity contribution in [3.8, 4) is 0 Å². The SMILES string of the molecule is ClCc1ccncc1N1CCN(Cc2ccccc2)CC1. The molecule has 3 rings (SSSR count). The van der Waals surface area contributed by atoms with Gasteiger partial charge in [-0.25, -0.2) is 0 Å². The molecule has 110 valence electrons. The lowest BCUT2D eigenvalue weighted by molar-refractivity contribution is 0.249. The van der Waals surface area contributed by atoms with Crippen LogP contribution in [0.3, 0.4) is 0 Å². The Hall–Kier alpha value is -1.58. The second kappa shape index (κ2) is 6.92. The van der Waals surface area contributed by atoms with Crippen LogP contribution in [0.25, 0.3) is 0 Å². The van der Waals surface area contributed by atoms with Crippen LogP contribution in [-0.2, 0) is 12.4 Å². The van der Waals surface area contributed by atoms with E-state index in [-0.39, 0.29) is 0 Å². The van der Waals surface area contributed by atoms with Crippen molar-refractivity contribution >= 4 is 17.3 Å². The Kier molecular flexibility index (Phi) is 4.73. The van der Waals surface area contributed by atoms with Crippen molar-refractivity contribution in [2.24, 2.45) is 0 Å². The fourth-order valence-electron chi connectivity index (χ4n) is 2.80. The summed E-state index contributed by atoms with van der Waals surface area (Å²) in [6.45, 7) is 5.24. The van der Waals surface area contributed by atoms with Crippen LogP contribution in [0.15, 0.2) is 48.8 Å². The van der Waals surface area contributed by atoms with Gasteiger partial charge in [0.1, 0.15) is 0 Å². The van der Waals surface area contributed by atoms with Crippen LogP contribution in [0.4, 0.5) is 5.69 Å². The number of piperazine rings is 1. The molecule has 1 fully saturated rings. The van der Waals surface area contributed by atoms with Crippen LogP contribution in [0.2, 0.25) is 0 Å². The third-order valence-electron chi connectivity index (χ3n) is 3.99. The Morgan fingerprint density at radius 1 is 1.00 bits per heavy atom. The molecule has 0 bridgehead atoms. The van der Waals surface area contributed by atoms with Gasteiger partial charge in [-0.15, -0.1) is 11.6 Å². The molecule has 0 aliphatic carbocycles. The number of hydrogen-bond acceptors (Lipinski definition) is 3. The molecule has 1 aliphatic heterocycles. The van der Waals surface area contributed by atoms with E-state index in [4.69, 9.17) is 11.6 Å². The molecular weight excluding hydrogens is 282 g/mol. The highest BCUT2D eigenvalue weighted by atomic mass is 35.5. The van der Waals surface area contributed by atoms with Gasteiger partial charge in [0.25, 0.3) is 0 Å². The molecule has 2 heterocycles. The summed E-state index contributed by atoms with van der Waals surface area (Å²) >= 11 is 6.02. The number of rotatable bonds is 4. The van der Waals surface area contributed by atoms with Gasteiger partial charge in [-0.1, -0.05) is 30.3 Å². The van der Waals surface area contributed by atoms with E-state index in [1.165, 1.54) is 16.8 Å². The van der Waals surface area contributed by atoms with Crippen LogP contribution >= 0.6 is 11.6 Å². The molecule has 0 spiro atoms. The van der Waals surface area contributed by atoms with E-state index in [2.05, 4.69) is 45.1 Å². The molecule has 21 heavy (non-hydrogen) atoms. The lowest BCUT2D eigenvalue weighted by Gasteiger charge is -2.36. The highest BCUT2D eigenvalue weighted by molar-refractivity contribution is 6.17.